The van der Waals surface area contributed by atoms with Crippen LogP contribution < -0.4 is 5.09 Å². The van der Waals surface area contributed by atoms with Crippen LogP contribution >= 0.6 is 18.9 Å². The summed E-state index contributed by atoms with van der Waals surface area (Å²) in [5, 5.41) is 15.5. The van der Waals surface area contributed by atoms with Gasteiger partial charge in [0, 0.05) is 0 Å². The molecule has 1 heterocycles. The maximum atomic E-state index is 12.2. The zero-order chi connectivity index (χ0) is 16.0. The first-order chi connectivity index (χ1) is 10.5. The van der Waals surface area contributed by atoms with Crippen molar-refractivity contribution in [1.29, 1.82) is 0 Å². The normalized spacial score (nSPS) is 15.1. The number of hydrogen-bond donors (Lipinski definition) is 3. The molecule has 0 aliphatic carbocycles. The van der Waals surface area contributed by atoms with Crippen molar-refractivity contribution >= 4 is 24.8 Å². The van der Waals surface area contributed by atoms with Crippen LogP contribution in [0.2, 0.25) is 0 Å². The van der Waals surface area contributed by atoms with Crippen molar-refractivity contribution in [2.75, 3.05) is 0 Å². The molecule has 2 atom stereocenters. The first-order valence-electron chi connectivity index (χ1n) is 6.84. The second-order valence-corrected chi connectivity index (χ2v) is 7.79. The summed E-state index contributed by atoms with van der Waals surface area (Å²) in [5.41, 5.74) is 1.73. The number of aliphatic carboxylic acids is 1. The third-order valence-electron chi connectivity index (χ3n) is 3.20. The van der Waals surface area contributed by atoms with E-state index in [1.54, 1.807) is 35.6 Å². The lowest BCUT2D eigenvalue weighted by Gasteiger charge is -2.19. The lowest BCUT2D eigenvalue weighted by molar-refractivity contribution is -0.139. The fourth-order valence-corrected chi connectivity index (χ4v) is 4.34. The molecule has 0 aliphatic heterocycles. The molecule has 0 saturated heterocycles. The molecule has 7 heteroatoms. The summed E-state index contributed by atoms with van der Waals surface area (Å²) in [7, 11) is -3.76. The monoisotopic (exact) mass is 339 g/mol. The Hall–Kier alpha value is -1.46. The number of benzene rings is 1. The molecular formula is C15H18NO4PS. The molecule has 0 fully saturated rings. The summed E-state index contributed by atoms with van der Waals surface area (Å²) in [4.78, 5) is 21.3. The van der Waals surface area contributed by atoms with E-state index in [1.165, 1.54) is 0 Å². The minimum Gasteiger partial charge on any atom is -0.480 e. The Morgan fingerprint density at radius 3 is 2.55 bits per heavy atom. The van der Waals surface area contributed by atoms with Gasteiger partial charge in [-0.05, 0) is 40.8 Å². The zero-order valence-electron chi connectivity index (χ0n) is 11.9. The van der Waals surface area contributed by atoms with Gasteiger partial charge in [0.25, 0.3) is 7.52 Å². The fraction of sp³-hybridized carbons (Fsp3) is 0.267. The summed E-state index contributed by atoms with van der Waals surface area (Å²) >= 11 is 1.54. The Labute approximate surface area is 133 Å². The Balaban J connectivity index is 1.97. The van der Waals surface area contributed by atoms with Crippen LogP contribution in [0, 0.1) is 0 Å². The van der Waals surface area contributed by atoms with Crippen molar-refractivity contribution in [1.82, 2.24) is 5.09 Å². The highest BCUT2D eigenvalue weighted by Crippen LogP contribution is 2.40. The molecule has 3 N–H and O–H groups in total. The molecule has 118 valence electrons. The molecule has 22 heavy (non-hydrogen) atoms. The van der Waals surface area contributed by atoms with Crippen molar-refractivity contribution in [3.8, 4) is 0 Å². The number of carbonyl (C=O) groups is 1. The zero-order valence-corrected chi connectivity index (χ0v) is 13.6. The van der Waals surface area contributed by atoms with Crippen molar-refractivity contribution in [2.45, 2.75) is 25.0 Å². The van der Waals surface area contributed by atoms with Gasteiger partial charge in [-0.1, -0.05) is 30.3 Å². The number of thiophene rings is 1. The molecule has 0 spiro atoms. The fourth-order valence-electron chi connectivity index (χ4n) is 2.11. The van der Waals surface area contributed by atoms with Crippen LogP contribution in [-0.2, 0) is 21.9 Å². The largest absolute Gasteiger partial charge is 0.480 e. The smallest absolute Gasteiger partial charge is 0.321 e. The quantitative estimate of drug-likeness (QED) is 0.643. The van der Waals surface area contributed by atoms with Crippen LogP contribution in [0.15, 0.2) is 47.2 Å². The molecule has 5 nitrogen and oxygen atoms in total. The number of carboxylic acids is 1. The molecule has 2 rings (SSSR count). The van der Waals surface area contributed by atoms with Gasteiger partial charge in [0.05, 0.1) is 6.16 Å². The van der Waals surface area contributed by atoms with Crippen molar-refractivity contribution < 1.29 is 19.4 Å². The molecule has 0 radical (unpaired) electrons. The van der Waals surface area contributed by atoms with Gasteiger partial charge in [0.1, 0.15) is 6.04 Å². The van der Waals surface area contributed by atoms with Gasteiger partial charge in [-0.2, -0.15) is 11.3 Å². The number of nitrogens with one attached hydrogen (secondary N) is 1. The predicted octanol–water partition coefficient (Wildman–Crippen LogP) is 3.11. The summed E-state index contributed by atoms with van der Waals surface area (Å²) in [6, 6.07) is 9.74. The van der Waals surface area contributed by atoms with E-state index in [1.807, 2.05) is 22.9 Å². The minimum atomic E-state index is -3.76. The van der Waals surface area contributed by atoms with E-state index in [2.05, 4.69) is 5.09 Å². The third kappa shape index (κ3) is 5.39. The summed E-state index contributed by atoms with van der Waals surface area (Å²) < 4.78 is 12.2. The molecule has 0 aliphatic rings. The first-order valence-corrected chi connectivity index (χ1v) is 9.62. The Morgan fingerprint density at radius 1 is 1.23 bits per heavy atom. The van der Waals surface area contributed by atoms with Crippen molar-refractivity contribution in [3.05, 3.63) is 58.3 Å². The van der Waals surface area contributed by atoms with Gasteiger partial charge < -0.3 is 10.00 Å². The average molecular weight is 339 g/mol. The van der Waals surface area contributed by atoms with Crippen LogP contribution in [0.5, 0.6) is 0 Å². The van der Waals surface area contributed by atoms with Crippen LogP contribution in [0.25, 0.3) is 0 Å². The molecule has 2 aromatic rings. The van der Waals surface area contributed by atoms with Crippen LogP contribution in [0.3, 0.4) is 0 Å². The standard InChI is InChI=1S/C15H18NO4PS/c17-15(18)14(7-6-13-8-9-22-11-13)16-21(19,20)10-12-4-2-1-3-5-12/h1-5,8-9,11,14H,6-7,10H2,(H,17,18)(H2,16,19,20). The Morgan fingerprint density at radius 2 is 1.95 bits per heavy atom. The summed E-state index contributed by atoms with van der Waals surface area (Å²) in [5.74, 6) is -1.11. The molecule has 2 unspecified atom stereocenters. The Kier molecular flexibility index (Phi) is 5.91. The molecule has 1 aromatic heterocycles. The third-order valence-corrected chi connectivity index (χ3v) is 5.44. The summed E-state index contributed by atoms with van der Waals surface area (Å²) in [6.07, 6.45) is 0.736. The number of aryl methyl sites for hydroxylation is 1. The van der Waals surface area contributed by atoms with Crippen molar-refractivity contribution in [2.24, 2.45) is 0 Å². The lowest BCUT2D eigenvalue weighted by Crippen LogP contribution is -2.35. The van der Waals surface area contributed by atoms with E-state index in [0.29, 0.717) is 12.0 Å². The highest BCUT2D eigenvalue weighted by atomic mass is 32.1. The van der Waals surface area contributed by atoms with Gasteiger partial charge in [0.15, 0.2) is 0 Å². The number of carboxylic acid groups (broad SMARTS) is 1. The van der Waals surface area contributed by atoms with E-state index in [9.17, 15) is 19.4 Å². The second kappa shape index (κ2) is 7.70. The highest BCUT2D eigenvalue weighted by molar-refractivity contribution is 7.55. The minimum absolute atomic E-state index is 0.0872. The highest BCUT2D eigenvalue weighted by Gasteiger charge is 2.27. The molecule has 0 amide bonds. The van der Waals surface area contributed by atoms with Gasteiger partial charge in [-0.3, -0.25) is 9.36 Å². The van der Waals surface area contributed by atoms with E-state index in [4.69, 9.17) is 0 Å². The maximum absolute atomic E-state index is 12.2. The second-order valence-electron chi connectivity index (χ2n) is 5.04. The van der Waals surface area contributed by atoms with E-state index in [0.717, 1.165) is 5.56 Å². The molecule has 1 aromatic carbocycles. The van der Waals surface area contributed by atoms with E-state index < -0.39 is 19.5 Å². The molecular weight excluding hydrogens is 321 g/mol. The van der Waals surface area contributed by atoms with Crippen molar-refractivity contribution in [3.63, 3.8) is 0 Å². The van der Waals surface area contributed by atoms with E-state index >= 15 is 0 Å². The van der Waals surface area contributed by atoms with Gasteiger partial charge in [-0.15, -0.1) is 0 Å². The lowest BCUT2D eigenvalue weighted by atomic mass is 10.1. The average Bonchev–Trinajstić information content (AvgIpc) is 2.97. The number of rotatable bonds is 8. The Bertz CT molecular complexity index is 645. The van der Waals surface area contributed by atoms with E-state index in [-0.39, 0.29) is 12.6 Å². The SMILES string of the molecule is O=C(O)C(CCc1ccsc1)NP(=O)(O)Cc1ccccc1. The van der Waals surface area contributed by atoms with Gasteiger partial charge >= 0.3 is 5.97 Å². The summed E-state index contributed by atoms with van der Waals surface area (Å²) in [6.45, 7) is 0. The predicted molar refractivity (Wildman–Crippen MR) is 87.2 cm³/mol. The van der Waals surface area contributed by atoms with Gasteiger partial charge in [-0.25, -0.2) is 5.09 Å². The van der Waals surface area contributed by atoms with Crippen LogP contribution in [0.1, 0.15) is 17.5 Å². The molecule has 0 saturated carbocycles. The van der Waals surface area contributed by atoms with Gasteiger partial charge in [0.2, 0.25) is 0 Å². The first kappa shape index (κ1) is 16.9. The maximum Gasteiger partial charge on any atom is 0.321 e. The van der Waals surface area contributed by atoms with Crippen LogP contribution in [-0.4, -0.2) is 22.0 Å². The number of hydrogen-bond acceptors (Lipinski definition) is 3. The molecule has 0 bridgehead atoms. The van der Waals surface area contributed by atoms with Crippen LogP contribution in [0.4, 0.5) is 0 Å². The topological polar surface area (TPSA) is 86.6 Å².